The molecule has 0 heterocycles. The molecular weight excluding hydrogens is 167 g/mol. The smallest absolute Gasteiger partial charge is 0.366 e. The third-order valence-electron chi connectivity index (χ3n) is 0.104. The van der Waals surface area contributed by atoms with E-state index in [1.165, 1.54) is 0 Å². The summed E-state index contributed by atoms with van der Waals surface area (Å²) < 4.78 is 12.6. The van der Waals surface area contributed by atoms with E-state index in [-0.39, 0.29) is 17.1 Å². The van der Waals surface area contributed by atoms with E-state index in [4.69, 9.17) is 14.4 Å². The van der Waals surface area contributed by atoms with E-state index in [0.717, 1.165) is 0 Å². The van der Waals surface area contributed by atoms with Gasteiger partial charge in [-0.15, -0.1) is 0 Å². The molecule has 0 radical (unpaired) electrons. The minimum absolute atomic E-state index is 0. The van der Waals surface area contributed by atoms with E-state index in [9.17, 15) is 4.53 Å². The molecule has 0 unspecified atom stereocenters. The van der Waals surface area contributed by atoms with Crippen LogP contribution in [0.3, 0.4) is 0 Å². The molecule has 0 aromatic heterocycles. The molecule has 46 valence electrons. The molecule has 0 rings (SSSR count). The van der Waals surface area contributed by atoms with Crippen LogP contribution in [0.2, 0.25) is 0 Å². The Bertz CT molecular complexity index is 41.4. The number of halogens is 1. The molecule has 0 aliphatic carbocycles. The maximum absolute atomic E-state index is 10.3. The van der Waals surface area contributed by atoms with Gasteiger partial charge in [0, 0.05) is 17.1 Å². The molecule has 7 heteroatoms. The molecule has 0 saturated carbocycles. The van der Waals surface area contributed by atoms with Gasteiger partial charge >= 0.3 is 9.05 Å². The van der Waals surface area contributed by atoms with Crippen molar-refractivity contribution in [2.24, 2.45) is 0 Å². The first kappa shape index (κ1) is 10.5. The summed E-state index contributed by atoms with van der Waals surface area (Å²) in [6, 6.07) is 0. The largest absolute Gasteiger partial charge is 0.703 e. The summed E-state index contributed by atoms with van der Waals surface area (Å²) in [7, 11) is -4.80. The second-order valence-electron chi connectivity index (χ2n) is 0.651. The molecule has 0 aliphatic heterocycles. The van der Waals surface area contributed by atoms with Gasteiger partial charge in [-0.05, 0) is 0 Å². The molecule has 7 heavy (non-hydrogen) atoms. The first-order valence-corrected chi connectivity index (χ1v) is 2.78. The second kappa shape index (κ2) is 3.50. The van der Waals surface area contributed by atoms with Gasteiger partial charge in [-0.2, -0.15) is 4.63 Å². The van der Waals surface area contributed by atoms with Gasteiger partial charge in [0.2, 0.25) is 0 Å². The SMILES string of the molecule is O[Si](O)(O)OF.[Fe]. The predicted octanol–water partition coefficient (Wildman–Crippen LogP) is -1.70. The molecule has 3 N–H and O–H groups in total. The summed E-state index contributed by atoms with van der Waals surface area (Å²) in [6.45, 7) is 0. The third kappa shape index (κ3) is 10.7. The quantitative estimate of drug-likeness (QED) is 0.410. The summed E-state index contributed by atoms with van der Waals surface area (Å²) in [5.74, 6) is 0. The molecule has 4 nitrogen and oxygen atoms in total. The zero-order valence-electron chi connectivity index (χ0n) is 2.98. The van der Waals surface area contributed by atoms with E-state index in [0.29, 0.717) is 0 Å². The zero-order chi connectivity index (χ0) is 5.21. The van der Waals surface area contributed by atoms with Gasteiger partial charge in [0.1, 0.15) is 0 Å². The first-order chi connectivity index (χ1) is 2.56. The van der Waals surface area contributed by atoms with E-state index in [2.05, 4.69) is 4.63 Å². The van der Waals surface area contributed by atoms with Crippen molar-refractivity contribution >= 4 is 9.05 Å². The Kier molecular flexibility index (Phi) is 5.24. The van der Waals surface area contributed by atoms with Crippen LogP contribution in [-0.4, -0.2) is 23.4 Å². The Balaban J connectivity index is 0. The topological polar surface area (TPSA) is 69.9 Å². The van der Waals surface area contributed by atoms with Crippen LogP contribution in [0, 0.1) is 0 Å². The van der Waals surface area contributed by atoms with E-state index in [1.54, 1.807) is 0 Å². The summed E-state index contributed by atoms with van der Waals surface area (Å²) in [5.41, 5.74) is 0. The Labute approximate surface area is 50.4 Å². The minimum Gasteiger partial charge on any atom is -0.366 e. The van der Waals surface area contributed by atoms with Crippen molar-refractivity contribution in [1.29, 1.82) is 0 Å². The Hall–Kier alpha value is 0.506. The van der Waals surface area contributed by atoms with Crippen molar-refractivity contribution in [2.45, 2.75) is 0 Å². The van der Waals surface area contributed by atoms with Gasteiger partial charge in [0.15, 0.2) is 0 Å². The fourth-order valence-electron chi connectivity index (χ4n) is 0. The molecule has 0 aromatic rings. The van der Waals surface area contributed by atoms with Crippen LogP contribution in [0.15, 0.2) is 0 Å². The van der Waals surface area contributed by atoms with Crippen LogP contribution >= 0.6 is 0 Å². The van der Waals surface area contributed by atoms with Gasteiger partial charge in [-0.3, -0.25) is 0 Å². The Morgan fingerprint density at radius 3 is 1.43 bits per heavy atom. The monoisotopic (exact) mass is 170 g/mol. The van der Waals surface area contributed by atoms with Crippen molar-refractivity contribution in [2.75, 3.05) is 0 Å². The average molecular weight is 170 g/mol. The van der Waals surface area contributed by atoms with Crippen LogP contribution in [0.25, 0.3) is 0 Å². The van der Waals surface area contributed by atoms with Gasteiger partial charge < -0.3 is 14.4 Å². The Morgan fingerprint density at radius 2 is 1.43 bits per heavy atom. The molecule has 0 aliphatic rings. The van der Waals surface area contributed by atoms with Crippen molar-refractivity contribution in [1.82, 2.24) is 0 Å². The van der Waals surface area contributed by atoms with Crippen molar-refractivity contribution < 1.29 is 40.6 Å². The maximum atomic E-state index is 10.3. The first-order valence-electron chi connectivity index (χ1n) is 1.03. The molecule has 0 spiro atoms. The molecule has 0 bridgehead atoms. The van der Waals surface area contributed by atoms with Crippen LogP contribution in [-0.2, 0) is 21.7 Å². The fourth-order valence-corrected chi connectivity index (χ4v) is 0. The molecule has 0 atom stereocenters. The predicted molar refractivity (Wildman–Crippen MR) is 14.6 cm³/mol. The summed E-state index contributed by atoms with van der Waals surface area (Å²) in [6.07, 6.45) is 0. The number of rotatable bonds is 1. The van der Waals surface area contributed by atoms with Crippen molar-refractivity contribution in [3.8, 4) is 0 Å². The molecule has 0 fully saturated rings. The second-order valence-corrected chi connectivity index (χ2v) is 1.95. The third-order valence-corrected chi connectivity index (χ3v) is 0.311. The van der Waals surface area contributed by atoms with Crippen molar-refractivity contribution in [3.05, 3.63) is 0 Å². The molecular formula is H3FFeO4Si. The van der Waals surface area contributed by atoms with E-state index >= 15 is 0 Å². The van der Waals surface area contributed by atoms with Crippen LogP contribution < -0.4 is 0 Å². The standard InChI is InChI=1S/FH3O4Si.Fe/c1-5-6(2,3)4;/h2-4H;. The minimum atomic E-state index is -4.80. The zero-order valence-corrected chi connectivity index (χ0v) is 5.09. The van der Waals surface area contributed by atoms with Gasteiger partial charge in [0.05, 0.1) is 0 Å². The van der Waals surface area contributed by atoms with E-state index < -0.39 is 9.05 Å². The van der Waals surface area contributed by atoms with Gasteiger partial charge in [0.25, 0.3) is 0 Å². The summed E-state index contributed by atoms with van der Waals surface area (Å²) >= 11 is 0. The van der Waals surface area contributed by atoms with E-state index in [1.807, 2.05) is 0 Å². The number of hydrogen-bond acceptors (Lipinski definition) is 4. The van der Waals surface area contributed by atoms with Gasteiger partial charge in [-0.1, -0.05) is 4.53 Å². The molecule has 0 amide bonds. The normalized spacial score (nSPS) is 10.3. The van der Waals surface area contributed by atoms with Crippen LogP contribution in [0.4, 0.5) is 4.53 Å². The van der Waals surface area contributed by atoms with Crippen LogP contribution in [0.5, 0.6) is 0 Å². The summed E-state index contributed by atoms with van der Waals surface area (Å²) in [4.78, 5) is 22.4. The van der Waals surface area contributed by atoms with Crippen molar-refractivity contribution in [3.63, 3.8) is 0 Å². The average Bonchev–Trinajstić information content (AvgIpc) is 1.35. The number of hydrogen-bond donors (Lipinski definition) is 3. The fraction of sp³-hybridized carbons (Fsp3) is 0. The van der Waals surface area contributed by atoms with Crippen LogP contribution in [0.1, 0.15) is 0 Å². The van der Waals surface area contributed by atoms with Gasteiger partial charge in [-0.25, -0.2) is 0 Å². The summed E-state index contributed by atoms with van der Waals surface area (Å²) in [5, 5.41) is 0. The molecule has 0 saturated heterocycles. The Morgan fingerprint density at radius 1 is 1.29 bits per heavy atom. The molecule has 0 aromatic carbocycles. The maximum Gasteiger partial charge on any atom is 0.703 e.